The first-order valence-corrected chi connectivity index (χ1v) is 11.7. The highest BCUT2D eigenvalue weighted by atomic mass is 32.2. The number of sulfonamides is 1. The SMILES string of the molecule is CCC(Oc1ccc(N(C)S(C)(=O)=O)cc1)C(=O)NC1CCCCCCC1. The van der Waals surface area contributed by atoms with Crippen LogP contribution < -0.4 is 14.4 Å². The third-order valence-electron chi connectivity index (χ3n) is 5.09. The molecule has 1 amide bonds. The van der Waals surface area contributed by atoms with Crippen LogP contribution in [0.2, 0.25) is 0 Å². The van der Waals surface area contributed by atoms with E-state index >= 15 is 0 Å². The molecule has 1 N–H and O–H groups in total. The Morgan fingerprint density at radius 3 is 2.22 bits per heavy atom. The second kappa shape index (κ2) is 9.97. The third-order valence-corrected chi connectivity index (χ3v) is 6.30. The lowest BCUT2D eigenvalue weighted by atomic mass is 9.96. The Bertz CT molecular complexity index is 695. The molecule has 6 nitrogen and oxygen atoms in total. The Kier molecular flexibility index (Phi) is 7.95. The highest BCUT2D eigenvalue weighted by Gasteiger charge is 2.22. The summed E-state index contributed by atoms with van der Waals surface area (Å²) in [7, 11) is -1.80. The minimum atomic E-state index is -3.30. The standard InChI is InChI=1S/C20H32N2O4S/c1-4-19(20(23)21-16-10-8-6-5-7-9-11-16)26-18-14-12-17(13-15-18)22(2)27(3,24)25/h12-16,19H,4-11H2,1-3H3,(H,21,23). The zero-order chi connectivity index (χ0) is 19.9. The first kappa shape index (κ1) is 21.5. The summed E-state index contributed by atoms with van der Waals surface area (Å²) in [6.07, 6.45) is 9.37. The van der Waals surface area contributed by atoms with Crippen LogP contribution in [-0.2, 0) is 14.8 Å². The van der Waals surface area contributed by atoms with Crippen LogP contribution in [0.4, 0.5) is 5.69 Å². The van der Waals surface area contributed by atoms with E-state index in [1.165, 1.54) is 30.6 Å². The van der Waals surface area contributed by atoms with Crippen LogP contribution >= 0.6 is 0 Å². The van der Waals surface area contributed by atoms with Crippen molar-refractivity contribution < 1.29 is 17.9 Å². The van der Waals surface area contributed by atoms with E-state index in [0.29, 0.717) is 17.9 Å². The number of nitrogens with zero attached hydrogens (tertiary/aromatic N) is 1. The fourth-order valence-electron chi connectivity index (χ4n) is 3.31. The van der Waals surface area contributed by atoms with Gasteiger partial charge in [-0.1, -0.05) is 39.0 Å². The molecule has 1 fully saturated rings. The van der Waals surface area contributed by atoms with E-state index in [1.807, 2.05) is 6.92 Å². The lowest BCUT2D eigenvalue weighted by Crippen LogP contribution is -2.43. The summed E-state index contributed by atoms with van der Waals surface area (Å²) < 4.78 is 30.3. The molecule has 0 saturated heterocycles. The number of carbonyl (C=O) groups excluding carboxylic acids is 1. The van der Waals surface area contributed by atoms with E-state index in [4.69, 9.17) is 4.74 Å². The van der Waals surface area contributed by atoms with Crippen molar-refractivity contribution in [2.45, 2.75) is 70.4 Å². The van der Waals surface area contributed by atoms with Gasteiger partial charge in [0.2, 0.25) is 10.0 Å². The van der Waals surface area contributed by atoms with Crippen LogP contribution in [0.3, 0.4) is 0 Å². The predicted molar refractivity (Wildman–Crippen MR) is 109 cm³/mol. The van der Waals surface area contributed by atoms with Crippen LogP contribution in [0.5, 0.6) is 5.75 Å². The maximum Gasteiger partial charge on any atom is 0.261 e. The van der Waals surface area contributed by atoms with Gasteiger partial charge in [-0.2, -0.15) is 0 Å². The summed E-state index contributed by atoms with van der Waals surface area (Å²) in [5.41, 5.74) is 0.553. The number of anilines is 1. The Morgan fingerprint density at radius 2 is 1.70 bits per heavy atom. The minimum absolute atomic E-state index is 0.0691. The maximum atomic E-state index is 12.6. The number of ether oxygens (including phenoxy) is 1. The number of benzene rings is 1. The molecule has 0 aliphatic heterocycles. The second-order valence-corrected chi connectivity index (χ2v) is 9.30. The largest absolute Gasteiger partial charge is 0.481 e. The van der Waals surface area contributed by atoms with E-state index in [9.17, 15) is 13.2 Å². The van der Waals surface area contributed by atoms with Gasteiger partial charge in [0.05, 0.1) is 11.9 Å². The van der Waals surface area contributed by atoms with Crippen LogP contribution in [0, 0.1) is 0 Å². The van der Waals surface area contributed by atoms with Crippen molar-refractivity contribution in [3.8, 4) is 5.75 Å². The summed E-state index contributed by atoms with van der Waals surface area (Å²) in [6, 6.07) is 6.98. The van der Waals surface area contributed by atoms with Gasteiger partial charge in [-0.3, -0.25) is 9.10 Å². The van der Waals surface area contributed by atoms with Crippen LogP contribution in [0.1, 0.15) is 58.3 Å². The molecular weight excluding hydrogens is 364 g/mol. The molecular formula is C20H32N2O4S. The summed E-state index contributed by atoms with van der Waals surface area (Å²) in [4.78, 5) is 12.6. The Morgan fingerprint density at radius 1 is 1.15 bits per heavy atom. The van der Waals surface area contributed by atoms with E-state index < -0.39 is 16.1 Å². The highest BCUT2D eigenvalue weighted by Crippen LogP contribution is 2.22. The molecule has 1 aromatic rings. The van der Waals surface area contributed by atoms with E-state index in [2.05, 4.69) is 5.32 Å². The molecule has 0 spiro atoms. The van der Waals surface area contributed by atoms with Gasteiger partial charge in [-0.05, 0) is 43.5 Å². The summed E-state index contributed by atoms with van der Waals surface area (Å²) in [5.74, 6) is 0.487. The first-order valence-electron chi connectivity index (χ1n) is 9.82. The van der Waals surface area contributed by atoms with Gasteiger partial charge in [0.1, 0.15) is 5.75 Å². The number of nitrogens with one attached hydrogen (secondary N) is 1. The van der Waals surface area contributed by atoms with Crippen LogP contribution in [0.15, 0.2) is 24.3 Å². The number of hydrogen-bond acceptors (Lipinski definition) is 4. The number of rotatable bonds is 7. The zero-order valence-corrected chi connectivity index (χ0v) is 17.4. The molecule has 1 unspecified atom stereocenters. The average molecular weight is 397 g/mol. The first-order chi connectivity index (χ1) is 12.8. The van der Waals surface area contributed by atoms with Crippen molar-refractivity contribution in [2.75, 3.05) is 17.6 Å². The topological polar surface area (TPSA) is 75.7 Å². The quantitative estimate of drug-likeness (QED) is 0.766. The molecule has 2 rings (SSSR count). The molecule has 152 valence electrons. The molecule has 1 atom stereocenters. The third kappa shape index (κ3) is 6.72. The smallest absolute Gasteiger partial charge is 0.261 e. The molecule has 0 aromatic heterocycles. The zero-order valence-electron chi connectivity index (χ0n) is 16.6. The van der Waals surface area contributed by atoms with Crippen LogP contribution in [0.25, 0.3) is 0 Å². The Balaban J connectivity index is 1.95. The fourth-order valence-corrected chi connectivity index (χ4v) is 3.81. The van der Waals surface area contributed by atoms with Crippen molar-refractivity contribution in [3.05, 3.63) is 24.3 Å². The molecule has 0 heterocycles. The average Bonchev–Trinajstić information content (AvgIpc) is 2.60. The van der Waals surface area contributed by atoms with Gasteiger partial charge in [0.25, 0.3) is 5.91 Å². The molecule has 1 aliphatic carbocycles. The van der Waals surface area contributed by atoms with Crippen molar-refractivity contribution in [1.82, 2.24) is 5.32 Å². The normalized spacial score (nSPS) is 17.4. The lowest BCUT2D eigenvalue weighted by Gasteiger charge is -2.24. The van der Waals surface area contributed by atoms with Gasteiger partial charge in [-0.25, -0.2) is 8.42 Å². The molecule has 1 aromatic carbocycles. The lowest BCUT2D eigenvalue weighted by molar-refractivity contribution is -0.129. The molecule has 0 radical (unpaired) electrons. The van der Waals surface area contributed by atoms with Gasteiger partial charge in [-0.15, -0.1) is 0 Å². The Hall–Kier alpha value is -1.76. The summed E-state index contributed by atoms with van der Waals surface area (Å²) in [6.45, 7) is 1.92. The molecule has 27 heavy (non-hydrogen) atoms. The summed E-state index contributed by atoms with van der Waals surface area (Å²) in [5, 5.41) is 3.16. The molecule has 7 heteroatoms. The van der Waals surface area contributed by atoms with Gasteiger partial charge < -0.3 is 10.1 Å². The number of carbonyl (C=O) groups is 1. The minimum Gasteiger partial charge on any atom is -0.481 e. The molecule has 1 saturated carbocycles. The van der Waals surface area contributed by atoms with Crippen molar-refractivity contribution >= 4 is 21.6 Å². The van der Waals surface area contributed by atoms with Crippen molar-refractivity contribution in [1.29, 1.82) is 0 Å². The predicted octanol–water partition coefficient (Wildman–Crippen LogP) is 3.47. The van der Waals surface area contributed by atoms with Gasteiger partial charge >= 0.3 is 0 Å². The van der Waals surface area contributed by atoms with Crippen LogP contribution in [-0.4, -0.2) is 39.8 Å². The number of hydrogen-bond donors (Lipinski definition) is 1. The van der Waals surface area contributed by atoms with E-state index in [-0.39, 0.29) is 11.9 Å². The van der Waals surface area contributed by atoms with Crippen molar-refractivity contribution in [2.24, 2.45) is 0 Å². The van der Waals surface area contributed by atoms with E-state index in [0.717, 1.165) is 31.9 Å². The molecule has 0 bridgehead atoms. The van der Waals surface area contributed by atoms with Crippen molar-refractivity contribution in [3.63, 3.8) is 0 Å². The van der Waals surface area contributed by atoms with Gasteiger partial charge in [0.15, 0.2) is 6.10 Å². The van der Waals surface area contributed by atoms with Gasteiger partial charge in [0, 0.05) is 13.1 Å². The maximum absolute atomic E-state index is 12.6. The second-order valence-electron chi connectivity index (χ2n) is 7.29. The highest BCUT2D eigenvalue weighted by molar-refractivity contribution is 7.92. The number of amides is 1. The van der Waals surface area contributed by atoms with E-state index in [1.54, 1.807) is 24.3 Å². The Labute approximate surface area is 163 Å². The molecule has 1 aliphatic rings. The monoisotopic (exact) mass is 396 g/mol. The summed E-state index contributed by atoms with van der Waals surface area (Å²) >= 11 is 0. The fraction of sp³-hybridized carbons (Fsp3) is 0.650.